The van der Waals surface area contributed by atoms with Crippen LogP contribution in [0.1, 0.15) is 16.1 Å². The van der Waals surface area contributed by atoms with Gasteiger partial charge in [0.2, 0.25) is 0 Å². The smallest absolute Gasteiger partial charge is 0.187 e. The molecule has 86 valence electrons. The molecule has 3 nitrogen and oxygen atoms in total. The van der Waals surface area contributed by atoms with Gasteiger partial charge in [-0.05, 0) is 33.6 Å². The number of nitrogens with zero attached hydrogens (tertiary/aromatic N) is 2. The summed E-state index contributed by atoms with van der Waals surface area (Å²) >= 11 is 3.08. The van der Waals surface area contributed by atoms with Gasteiger partial charge in [0, 0.05) is 18.8 Å². The SMILES string of the molecule is O=C(Cc1ccc(F)c(Br)c1)c1cnccn1. The van der Waals surface area contributed by atoms with Crippen molar-refractivity contribution in [1.29, 1.82) is 0 Å². The molecule has 0 spiro atoms. The quantitative estimate of drug-likeness (QED) is 0.818. The Balaban J connectivity index is 2.16. The normalized spacial score (nSPS) is 10.2. The Morgan fingerprint density at radius 2 is 2.18 bits per heavy atom. The van der Waals surface area contributed by atoms with E-state index >= 15 is 0 Å². The van der Waals surface area contributed by atoms with Crippen LogP contribution < -0.4 is 0 Å². The number of hydrogen-bond donors (Lipinski definition) is 0. The van der Waals surface area contributed by atoms with E-state index in [4.69, 9.17) is 0 Å². The second kappa shape index (κ2) is 5.14. The summed E-state index contributed by atoms with van der Waals surface area (Å²) in [5, 5.41) is 0. The van der Waals surface area contributed by atoms with Crippen LogP contribution in [0.3, 0.4) is 0 Å². The highest BCUT2D eigenvalue weighted by Crippen LogP contribution is 2.17. The Hall–Kier alpha value is -1.62. The number of carbonyl (C=O) groups is 1. The molecule has 0 aliphatic rings. The van der Waals surface area contributed by atoms with Gasteiger partial charge in [-0.2, -0.15) is 0 Å². The Morgan fingerprint density at radius 3 is 2.82 bits per heavy atom. The monoisotopic (exact) mass is 294 g/mol. The number of ketones is 1. The van der Waals surface area contributed by atoms with Gasteiger partial charge in [0.15, 0.2) is 5.78 Å². The molecule has 5 heteroatoms. The highest BCUT2D eigenvalue weighted by atomic mass is 79.9. The van der Waals surface area contributed by atoms with Gasteiger partial charge in [0.05, 0.1) is 10.7 Å². The predicted octanol–water partition coefficient (Wildman–Crippen LogP) is 2.80. The molecule has 1 aromatic carbocycles. The molecule has 0 bridgehead atoms. The van der Waals surface area contributed by atoms with Gasteiger partial charge in [-0.3, -0.25) is 9.78 Å². The fraction of sp³-hybridized carbons (Fsp3) is 0.0833. The average molecular weight is 295 g/mol. The van der Waals surface area contributed by atoms with Crippen molar-refractivity contribution in [2.45, 2.75) is 6.42 Å². The van der Waals surface area contributed by atoms with E-state index in [0.29, 0.717) is 10.2 Å². The zero-order valence-corrected chi connectivity index (χ0v) is 10.3. The largest absolute Gasteiger partial charge is 0.292 e. The van der Waals surface area contributed by atoms with Gasteiger partial charge in [0.25, 0.3) is 0 Å². The molecule has 0 N–H and O–H groups in total. The van der Waals surface area contributed by atoms with Gasteiger partial charge in [-0.15, -0.1) is 0 Å². The van der Waals surface area contributed by atoms with E-state index in [1.807, 2.05) is 0 Å². The van der Waals surface area contributed by atoms with Crippen molar-refractivity contribution in [3.05, 3.63) is 58.3 Å². The Bertz CT molecular complexity index is 545. The van der Waals surface area contributed by atoms with E-state index in [2.05, 4.69) is 25.9 Å². The fourth-order valence-corrected chi connectivity index (χ4v) is 1.79. The molecule has 2 rings (SSSR count). The first-order chi connectivity index (χ1) is 8.16. The van der Waals surface area contributed by atoms with Crippen molar-refractivity contribution in [3.63, 3.8) is 0 Å². The number of carbonyl (C=O) groups excluding carboxylic acids is 1. The molecule has 0 saturated carbocycles. The van der Waals surface area contributed by atoms with Crippen LogP contribution in [0.25, 0.3) is 0 Å². The first-order valence-corrected chi connectivity index (χ1v) is 5.69. The first-order valence-electron chi connectivity index (χ1n) is 4.90. The van der Waals surface area contributed by atoms with Crippen LogP contribution in [-0.4, -0.2) is 15.8 Å². The maximum Gasteiger partial charge on any atom is 0.187 e. The minimum absolute atomic E-state index is 0.142. The van der Waals surface area contributed by atoms with Crippen molar-refractivity contribution >= 4 is 21.7 Å². The van der Waals surface area contributed by atoms with Crippen LogP contribution in [0.2, 0.25) is 0 Å². The third-order valence-corrected chi connectivity index (χ3v) is 2.81. The second-order valence-corrected chi connectivity index (χ2v) is 4.29. The molecule has 0 aliphatic carbocycles. The summed E-state index contributed by atoms with van der Waals surface area (Å²) < 4.78 is 13.4. The van der Waals surface area contributed by atoms with Crippen molar-refractivity contribution in [1.82, 2.24) is 9.97 Å². The molecule has 0 fully saturated rings. The summed E-state index contributed by atoms with van der Waals surface area (Å²) in [4.78, 5) is 19.5. The van der Waals surface area contributed by atoms with E-state index in [0.717, 1.165) is 5.56 Å². The average Bonchev–Trinajstić information content (AvgIpc) is 2.35. The van der Waals surface area contributed by atoms with Gasteiger partial charge < -0.3 is 0 Å². The number of aromatic nitrogens is 2. The Morgan fingerprint density at radius 1 is 1.35 bits per heavy atom. The molecule has 2 aromatic rings. The Kier molecular flexibility index (Phi) is 3.58. The Labute approximate surface area is 106 Å². The summed E-state index contributed by atoms with van der Waals surface area (Å²) in [5.41, 5.74) is 1.04. The van der Waals surface area contributed by atoms with Gasteiger partial charge in [-0.25, -0.2) is 9.37 Å². The summed E-state index contributed by atoms with van der Waals surface area (Å²) in [6.07, 6.45) is 4.57. The second-order valence-electron chi connectivity index (χ2n) is 3.44. The fourth-order valence-electron chi connectivity index (χ4n) is 1.37. The molecule has 0 unspecified atom stereocenters. The lowest BCUT2D eigenvalue weighted by Crippen LogP contribution is -2.06. The number of halogens is 2. The van der Waals surface area contributed by atoms with E-state index in [1.165, 1.54) is 24.7 Å². The molecule has 1 aromatic heterocycles. The zero-order chi connectivity index (χ0) is 12.3. The molecule has 17 heavy (non-hydrogen) atoms. The molecule has 0 saturated heterocycles. The highest BCUT2D eigenvalue weighted by molar-refractivity contribution is 9.10. The van der Waals surface area contributed by atoms with Crippen molar-refractivity contribution < 1.29 is 9.18 Å². The van der Waals surface area contributed by atoms with Crippen molar-refractivity contribution in [3.8, 4) is 0 Å². The summed E-state index contributed by atoms with van der Waals surface area (Å²) in [6.45, 7) is 0. The number of hydrogen-bond acceptors (Lipinski definition) is 3. The van der Waals surface area contributed by atoms with E-state index in [1.54, 1.807) is 12.1 Å². The highest BCUT2D eigenvalue weighted by Gasteiger charge is 2.09. The molecule has 1 heterocycles. The third-order valence-electron chi connectivity index (χ3n) is 2.20. The van der Waals surface area contributed by atoms with E-state index in [-0.39, 0.29) is 18.0 Å². The van der Waals surface area contributed by atoms with E-state index in [9.17, 15) is 9.18 Å². The molecule has 0 radical (unpaired) electrons. The third kappa shape index (κ3) is 2.94. The lowest BCUT2D eigenvalue weighted by Gasteiger charge is -2.01. The minimum Gasteiger partial charge on any atom is -0.292 e. The topological polar surface area (TPSA) is 42.9 Å². The van der Waals surface area contributed by atoms with Crippen LogP contribution in [0.15, 0.2) is 41.3 Å². The van der Waals surface area contributed by atoms with Gasteiger partial charge in [-0.1, -0.05) is 6.07 Å². The van der Waals surface area contributed by atoms with Gasteiger partial charge >= 0.3 is 0 Å². The molecular formula is C12H8BrFN2O. The molecular weight excluding hydrogens is 287 g/mol. The van der Waals surface area contributed by atoms with Crippen LogP contribution in [0.4, 0.5) is 4.39 Å². The number of Topliss-reactive ketones (excluding diaryl/α,β-unsaturated/α-hetero) is 1. The summed E-state index contributed by atoms with van der Waals surface area (Å²) in [5.74, 6) is -0.489. The van der Waals surface area contributed by atoms with Crippen molar-refractivity contribution in [2.75, 3.05) is 0 Å². The maximum atomic E-state index is 13.0. The molecule has 0 atom stereocenters. The number of benzene rings is 1. The summed E-state index contributed by atoms with van der Waals surface area (Å²) in [6, 6.07) is 4.49. The lowest BCUT2D eigenvalue weighted by molar-refractivity contribution is 0.0988. The summed E-state index contributed by atoms with van der Waals surface area (Å²) in [7, 11) is 0. The predicted molar refractivity (Wildman–Crippen MR) is 64.2 cm³/mol. The lowest BCUT2D eigenvalue weighted by atomic mass is 10.1. The molecule has 0 aliphatic heterocycles. The minimum atomic E-state index is -0.347. The molecule has 0 amide bonds. The van der Waals surface area contributed by atoms with Crippen molar-refractivity contribution in [2.24, 2.45) is 0 Å². The van der Waals surface area contributed by atoms with Gasteiger partial charge in [0.1, 0.15) is 11.5 Å². The van der Waals surface area contributed by atoms with Crippen LogP contribution in [0.5, 0.6) is 0 Å². The van der Waals surface area contributed by atoms with E-state index < -0.39 is 0 Å². The van der Waals surface area contributed by atoms with Crippen LogP contribution in [-0.2, 0) is 6.42 Å². The first kappa shape index (κ1) is 11.9. The van der Waals surface area contributed by atoms with Crippen LogP contribution in [0, 0.1) is 5.82 Å². The number of rotatable bonds is 3. The zero-order valence-electron chi connectivity index (χ0n) is 8.73. The van der Waals surface area contributed by atoms with Crippen LogP contribution >= 0.6 is 15.9 Å². The standard InChI is InChI=1S/C12H8BrFN2O/c13-9-5-8(1-2-10(9)14)6-12(17)11-7-15-3-4-16-11/h1-5,7H,6H2. The maximum absolute atomic E-state index is 13.0.